The Labute approximate surface area is 115 Å². The average molecular weight is 283 g/mol. The van der Waals surface area contributed by atoms with Gasteiger partial charge in [-0.1, -0.05) is 30.3 Å². The van der Waals surface area contributed by atoms with Crippen LogP contribution in [0.5, 0.6) is 0 Å². The van der Waals surface area contributed by atoms with E-state index in [-0.39, 0.29) is 6.04 Å². The Morgan fingerprint density at radius 1 is 1.16 bits per heavy atom. The van der Waals surface area contributed by atoms with Gasteiger partial charge in [0.1, 0.15) is 0 Å². The van der Waals surface area contributed by atoms with Crippen molar-refractivity contribution in [1.29, 1.82) is 0 Å². The lowest BCUT2D eigenvalue weighted by Gasteiger charge is -2.39. The molecule has 5 nitrogen and oxygen atoms in total. The summed E-state index contributed by atoms with van der Waals surface area (Å²) in [5.74, 6) is 0. The Morgan fingerprint density at radius 3 is 2.37 bits per heavy atom. The van der Waals surface area contributed by atoms with Gasteiger partial charge < -0.3 is 0 Å². The van der Waals surface area contributed by atoms with Gasteiger partial charge in [-0.3, -0.25) is 4.90 Å². The van der Waals surface area contributed by atoms with E-state index in [0.717, 1.165) is 12.1 Å². The molecule has 2 rings (SSSR count). The molecule has 6 heteroatoms. The van der Waals surface area contributed by atoms with Gasteiger partial charge in [-0.2, -0.15) is 17.0 Å². The molecule has 1 aromatic rings. The zero-order valence-corrected chi connectivity index (χ0v) is 12.5. The van der Waals surface area contributed by atoms with Crippen LogP contribution in [0.25, 0.3) is 0 Å². The van der Waals surface area contributed by atoms with E-state index in [1.54, 1.807) is 18.4 Å². The van der Waals surface area contributed by atoms with Crippen LogP contribution in [0.15, 0.2) is 30.3 Å². The molecule has 1 aromatic carbocycles. The van der Waals surface area contributed by atoms with E-state index < -0.39 is 10.2 Å². The second-order valence-corrected chi connectivity index (χ2v) is 7.20. The molecule has 1 aliphatic rings. The maximum absolute atomic E-state index is 12.2. The van der Waals surface area contributed by atoms with Crippen molar-refractivity contribution in [2.75, 3.05) is 40.8 Å². The largest absolute Gasteiger partial charge is 0.297 e. The molecule has 1 atom stereocenters. The van der Waals surface area contributed by atoms with Crippen molar-refractivity contribution in [3.05, 3.63) is 35.9 Å². The molecule has 19 heavy (non-hydrogen) atoms. The lowest BCUT2D eigenvalue weighted by Crippen LogP contribution is -2.51. The molecule has 0 radical (unpaired) electrons. The molecule has 0 unspecified atom stereocenters. The van der Waals surface area contributed by atoms with Gasteiger partial charge in [0.15, 0.2) is 0 Å². The van der Waals surface area contributed by atoms with Gasteiger partial charge >= 0.3 is 0 Å². The summed E-state index contributed by atoms with van der Waals surface area (Å²) < 4.78 is 27.2. The highest BCUT2D eigenvalue weighted by molar-refractivity contribution is 7.86. The predicted molar refractivity (Wildman–Crippen MR) is 76.0 cm³/mol. The van der Waals surface area contributed by atoms with Crippen LogP contribution in [0.1, 0.15) is 11.6 Å². The lowest BCUT2D eigenvalue weighted by molar-refractivity contribution is 0.144. The molecule has 0 spiro atoms. The Bertz CT molecular complexity index is 516. The lowest BCUT2D eigenvalue weighted by atomic mass is 10.0. The highest BCUT2D eigenvalue weighted by Gasteiger charge is 2.33. The Kier molecular flexibility index (Phi) is 4.25. The molecule has 1 saturated heterocycles. The fourth-order valence-corrected chi connectivity index (χ4v) is 3.43. The minimum atomic E-state index is -3.32. The SMILES string of the molecule is CN1CCN(S(=O)(=O)N(C)C)C[C@H]1c1ccccc1. The number of nitrogens with zero attached hydrogens (tertiary/aromatic N) is 3. The van der Waals surface area contributed by atoms with Crippen LogP contribution in [-0.2, 0) is 10.2 Å². The minimum absolute atomic E-state index is 0.115. The first kappa shape index (κ1) is 14.5. The summed E-state index contributed by atoms with van der Waals surface area (Å²) in [5, 5.41) is 0. The van der Waals surface area contributed by atoms with Crippen molar-refractivity contribution in [2.24, 2.45) is 0 Å². The van der Waals surface area contributed by atoms with Crippen molar-refractivity contribution in [3.63, 3.8) is 0 Å². The Morgan fingerprint density at radius 2 is 1.79 bits per heavy atom. The smallest absolute Gasteiger partial charge is 0.281 e. The normalized spacial score (nSPS) is 22.8. The standard InChI is InChI=1S/C13H21N3O2S/c1-14(2)19(17,18)16-10-9-15(3)13(11-16)12-7-5-4-6-8-12/h4-8,13H,9-11H2,1-3H3/t13-/m0/s1. The molecule has 106 valence electrons. The molecule has 1 heterocycles. The summed E-state index contributed by atoms with van der Waals surface area (Å²) >= 11 is 0. The molecule has 1 aliphatic heterocycles. The second kappa shape index (κ2) is 5.58. The van der Waals surface area contributed by atoms with Gasteiger partial charge in [-0.15, -0.1) is 0 Å². The minimum Gasteiger partial charge on any atom is -0.297 e. The third-order valence-corrected chi connectivity index (χ3v) is 5.49. The van der Waals surface area contributed by atoms with Crippen LogP contribution < -0.4 is 0 Å². The summed E-state index contributed by atoms with van der Waals surface area (Å²) in [7, 11) is 1.86. The molecule has 0 bridgehead atoms. The summed E-state index contributed by atoms with van der Waals surface area (Å²) in [6, 6.07) is 10.2. The van der Waals surface area contributed by atoms with Gasteiger partial charge in [0.05, 0.1) is 0 Å². The summed E-state index contributed by atoms with van der Waals surface area (Å²) in [6.07, 6.45) is 0. The van der Waals surface area contributed by atoms with Crippen LogP contribution in [0, 0.1) is 0 Å². The molecule has 1 fully saturated rings. The van der Waals surface area contributed by atoms with E-state index in [1.807, 2.05) is 37.4 Å². The Hall–Kier alpha value is -0.950. The zero-order chi connectivity index (χ0) is 14.0. The van der Waals surface area contributed by atoms with E-state index in [4.69, 9.17) is 0 Å². The molecule has 0 saturated carbocycles. The van der Waals surface area contributed by atoms with Crippen molar-refractivity contribution < 1.29 is 8.42 Å². The number of benzene rings is 1. The highest BCUT2D eigenvalue weighted by Crippen LogP contribution is 2.25. The first-order chi connectivity index (χ1) is 8.93. The second-order valence-electron chi connectivity index (χ2n) is 5.06. The highest BCUT2D eigenvalue weighted by atomic mass is 32.2. The average Bonchev–Trinajstić information content (AvgIpc) is 2.39. The number of likely N-dealkylation sites (N-methyl/N-ethyl adjacent to an activating group) is 1. The van der Waals surface area contributed by atoms with Gasteiger partial charge in [0.2, 0.25) is 0 Å². The fourth-order valence-electron chi connectivity index (χ4n) is 2.32. The molecular formula is C13H21N3O2S. The zero-order valence-electron chi connectivity index (χ0n) is 11.7. The number of rotatable bonds is 3. The topological polar surface area (TPSA) is 43.9 Å². The molecule has 0 aromatic heterocycles. The third-order valence-electron chi connectivity index (χ3n) is 3.58. The van der Waals surface area contributed by atoms with E-state index >= 15 is 0 Å². The predicted octanol–water partition coefficient (Wildman–Crippen LogP) is 0.782. The number of hydrogen-bond donors (Lipinski definition) is 0. The number of hydrogen-bond acceptors (Lipinski definition) is 3. The van der Waals surface area contributed by atoms with E-state index in [0.29, 0.717) is 13.1 Å². The van der Waals surface area contributed by atoms with Gasteiger partial charge in [-0.25, -0.2) is 0 Å². The summed E-state index contributed by atoms with van der Waals surface area (Å²) in [6.45, 7) is 1.79. The van der Waals surface area contributed by atoms with Gasteiger partial charge in [0, 0.05) is 39.8 Å². The monoisotopic (exact) mass is 283 g/mol. The fraction of sp³-hybridized carbons (Fsp3) is 0.538. The van der Waals surface area contributed by atoms with Crippen molar-refractivity contribution >= 4 is 10.2 Å². The molecule has 0 N–H and O–H groups in total. The van der Waals surface area contributed by atoms with Crippen LogP contribution in [0.2, 0.25) is 0 Å². The number of piperazine rings is 1. The Balaban J connectivity index is 2.22. The molecular weight excluding hydrogens is 262 g/mol. The maximum Gasteiger partial charge on any atom is 0.281 e. The first-order valence-electron chi connectivity index (χ1n) is 6.35. The van der Waals surface area contributed by atoms with Crippen LogP contribution in [-0.4, -0.2) is 62.7 Å². The van der Waals surface area contributed by atoms with E-state index in [1.165, 1.54) is 4.31 Å². The van der Waals surface area contributed by atoms with Crippen molar-refractivity contribution in [2.45, 2.75) is 6.04 Å². The quantitative estimate of drug-likeness (QED) is 0.823. The summed E-state index contributed by atoms with van der Waals surface area (Å²) in [5.41, 5.74) is 1.16. The van der Waals surface area contributed by atoms with Crippen molar-refractivity contribution in [1.82, 2.24) is 13.5 Å². The van der Waals surface area contributed by atoms with E-state index in [2.05, 4.69) is 4.90 Å². The van der Waals surface area contributed by atoms with Crippen LogP contribution in [0.4, 0.5) is 0 Å². The van der Waals surface area contributed by atoms with E-state index in [9.17, 15) is 8.42 Å². The maximum atomic E-state index is 12.2. The third kappa shape index (κ3) is 2.97. The first-order valence-corrected chi connectivity index (χ1v) is 7.75. The molecule has 0 aliphatic carbocycles. The van der Waals surface area contributed by atoms with Crippen LogP contribution >= 0.6 is 0 Å². The van der Waals surface area contributed by atoms with Gasteiger partial charge in [0.25, 0.3) is 10.2 Å². The summed E-state index contributed by atoms with van der Waals surface area (Å²) in [4.78, 5) is 2.21. The van der Waals surface area contributed by atoms with Gasteiger partial charge in [-0.05, 0) is 12.6 Å². The molecule has 0 amide bonds. The van der Waals surface area contributed by atoms with Crippen LogP contribution in [0.3, 0.4) is 0 Å². The van der Waals surface area contributed by atoms with Crippen molar-refractivity contribution in [3.8, 4) is 0 Å².